The van der Waals surface area contributed by atoms with Gasteiger partial charge in [0.2, 0.25) is 5.91 Å². The number of carbonyl (C=O) groups excluding carboxylic acids is 1. The molecule has 0 aliphatic heterocycles. The Morgan fingerprint density at radius 1 is 1.22 bits per heavy atom. The van der Waals surface area contributed by atoms with Crippen molar-refractivity contribution in [2.24, 2.45) is 11.8 Å². The zero-order valence-electron chi connectivity index (χ0n) is 11.4. The predicted molar refractivity (Wildman–Crippen MR) is 70.2 cm³/mol. The molecule has 4 nitrogen and oxygen atoms in total. The normalized spacial score (nSPS) is 23.3. The summed E-state index contributed by atoms with van der Waals surface area (Å²) in [6.45, 7) is 4.15. The van der Waals surface area contributed by atoms with E-state index in [1.165, 1.54) is 0 Å². The standard InChI is InChI=1S/C14H25NO3/c1-3-6-10(7-4-2)13(16)15-12-9-5-8-11(12)14(17)18/h10-12H,3-9H2,1-2H3,(H,15,16)(H,17,18). The summed E-state index contributed by atoms with van der Waals surface area (Å²) in [5.41, 5.74) is 0. The van der Waals surface area contributed by atoms with Crippen molar-refractivity contribution in [3.8, 4) is 0 Å². The lowest BCUT2D eigenvalue weighted by Crippen LogP contribution is -2.43. The van der Waals surface area contributed by atoms with Crippen molar-refractivity contribution in [3.63, 3.8) is 0 Å². The molecule has 1 aliphatic rings. The van der Waals surface area contributed by atoms with Crippen molar-refractivity contribution < 1.29 is 14.7 Å². The van der Waals surface area contributed by atoms with Crippen LogP contribution in [0.1, 0.15) is 58.8 Å². The summed E-state index contributed by atoms with van der Waals surface area (Å²) in [6, 6.07) is -0.161. The van der Waals surface area contributed by atoms with E-state index in [1.807, 2.05) is 0 Å². The average molecular weight is 255 g/mol. The van der Waals surface area contributed by atoms with Crippen LogP contribution in [0.3, 0.4) is 0 Å². The Labute approximate surface area is 109 Å². The van der Waals surface area contributed by atoms with E-state index in [9.17, 15) is 9.59 Å². The molecule has 2 N–H and O–H groups in total. The number of rotatable bonds is 7. The zero-order chi connectivity index (χ0) is 13.5. The third-order valence-corrected chi connectivity index (χ3v) is 3.81. The van der Waals surface area contributed by atoms with Crippen molar-refractivity contribution in [3.05, 3.63) is 0 Å². The van der Waals surface area contributed by atoms with Crippen molar-refractivity contribution in [2.45, 2.75) is 64.8 Å². The van der Waals surface area contributed by atoms with Gasteiger partial charge in [0.15, 0.2) is 0 Å². The van der Waals surface area contributed by atoms with E-state index in [-0.39, 0.29) is 17.9 Å². The summed E-state index contributed by atoms with van der Waals surface area (Å²) in [5, 5.41) is 12.1. The fraction of sp³-hybridized carbons (Fsp3) is 0.857. The molecule has 0 heterocycles. The molecule has 2 atom stereocenters. The van der Waals surface area contributed by atoms with Crippen LogP contribution in [-0.4, -0.2) is 23.0 Å². The number of carboxylic acids is 1. The minimum Gasteiger partial charge on any atom is -0.481 e. The lowest BCUT2D eigenvalue weighted by Gasteiger charge is -2.21. The number of nitrogens with one attached hydrogen (secondary N) is 1. The van der Waals surface area contributed by atoms with E-state index < -0.39 is 11.9 Å². The average Bonchev–Trinajstić information content (AvgIpc) is 2.77. The monoisotopic (exact) mass is 255 g/mol. The SMILES string of the molecule is CCCC(CCC)C(=O)NC1CCCC1C(=O)O. The van der Waals surface area contributed by atoms with Crippen molar-refractivity contribution >= 4 is 11.9 Å². The lowest BCUT2D eigenvalue weighted by molar-refractivity contribution is -0.142. The van der Waals surface area contributed by atoms with Gasteiger partial charge in [-0.05, 0) is 25.7 Å². The van der Waals surface area contributed by atoms with Crippen LogP contribution in [0, 0.1) is 11.8 Å². The van der Waals surface area contributed by atoms with E-state index in [0.717, 1.165) is 38.5 Å². The number of hydrogen-bond acceptors (Lipinski definition) is 2. The van der Waals surface area contributed by atoms with E-state index >= 15 is 0 Å². The topological polar surface area (TPSA) is 66.4 Å². The van der Waals surface area contributed by atoms with Gasteiger partial charge < -0.3 is 10.4 Å². The Kier molecular flexibility index (Phi) is 6.16. The number of amides is 1. The van der Waals surface area contributed by atoms with E-state index in [2.05, 4.69) is 19.2 Å². The molecular formula is C14H25NO3. The first-order valence-corrected chi connectivity index (χ1v) is 7.13. The number of aliphatic carboxylic acids is 1. The van der Waals surface area contributed by atoms with Gasteiger partial charge in [-0.3, -0.25) is 9.59 Å². The molecule has 0 aromatic rings. The highest BCUT2D eigenvalue weighted by Gasteiger charge is 2.34. The smallest absolute Gasteiger partial charge is 0.308 e. The Morgan fingerprint density at radius 3 is 2.33 bits per heavy atom. The first-order valence-electron chi connectivity index (χ1n) is 7.13. The minimum absolute atomic E-state index is 0.0510. The van der Waals surface area contributed by atoms with Gasteiger partial charge in [0.25, 0.3) is 0 Å². The molecule has 0 saturated heterocycles. The van der Waals surface area contributed by atoms with Gasteiger partial charge in [-0.25, -0.2) is 0 Å². The molecule has 0 radical (unpaired) electrons. The molecule has 0 aromatic heterocycles. The summed E-state index contributed by atoms with van der Waals surface area (Å²) in [5.74, 6) is -1.06. The molecule has 104 valence electrons. The quantitative estimate of drug-likeness (QED) is 0.734. The summed E-state index contributed by atoms with van der Waals surface area (Å²) < 4.78 is 0. The van der Waals surface area contributed by atoms with Crippen molar-refractivity contribution in [2.75, 3.05) is 0 Å². The highest BCUT2D eigenvalue weighted by atomic mass is 16.4. The van der Waals surface area contributed by atoms with Crippen LogP contribution in [0.2, 0.25) is 0 Å². The molecule has 1 saturated carbocycles. The molecule has 1 aliphatic carbocycles. The first kappa shape index (κ1) is 15.0. The third-order valence-electron chi connectivity index (χ3n) is 3.81. The highest BCUT2D eigenvalue weighted by Crippen LogP contribution is 2.26. The van der Waals surface area contributed by atoms with Crippen molar-refractivity contribution in [1.29, 1.82) is 0 Å². The molecule has 2 unspecified atom stereocenters. The summed E-state index contributed by atoms with van der Waals surface area (Å²) in [7, 11) is 0. The van der Waals surface area contributed by atoms with Crippen LogP contribution >= 0.6 is 0 Å². The fourth-order valence-corrected chi connectivity index (χ4v) is 2.83. The van der Waals surface area contributed by atoms with E-state index in [0.29, 0.717) is 6.42 Å². The summed E-state index contributed by atoms with van der Waals surface area (Å²) >= 11 is 0. The van der Waals surface area contributed by atoms with Crippen LogP contribution in [-0.2, 0) is 9.59 Å². The number of carboxylic acid groups (broad SMARTS) is 1. The molecule has 0 spiro atoms. The molecule has 0 aromatic carbocycles. The van der Waals surface area contributed by atoms with Crippen LogP contribution in [0.15, 0.2) is 0 Å². The van der Waals surface area contributed by atoms with Gasteiger partial charge in [-0.15, -0.1) is 0 Å². The molecule has 1 amide bonds. The van der Waals surface area contributed by atoms with E-state index in [1.54, 1.807) is 0 Å². The number of hydrogen-bond donors (Lipinski definition) is 2. The van der Waals surface area contributed by atoms with Gasteiger partial charge in [0, 0.05) is 12.0 Å². The molecule has 0 bridgehead atoms. The molecule has 1 rings (SSSR count). The largest absolute Gasteiger partial charge is 0.481 e. The van der Waals surface area contributed by atoms with Crippen LogP contribution < -0.4 is 5.32 Å². The molecule has 1 fully saturated rings. The lowest BCUT2D eigenvalue weighted by atomic mass is 9.96. The Balaban J connectivity index is 2.53. The van der Waals surface area contributed by atoms with Crippen LogP contribution in [0.4, 0.5) is 0 Å². The molecular weight excluding hydrogens is 230 g/mol. The van der Waals surface area contributed by atoms with Gasteiger partial charge in [0.05, 0.1) is 5.92 Å². The second-order valence-corrected chi connectivity index (χ2v) is 5.26. The molecule has 18 heavy (non-hydrogen) atoms. The van der Waals surface area contributed by atoms with Crippen LogP contribution in [0.25, 0.3) is 0 Å². The highest BCUT2D eigenvalue weighted by molar-refractivity contribution is 5.80. The Hall–Kier alpha value is -1.06. The maximum absolute atomic E-state index is 12.1. The van der Waals surface area contributed by atoms with Gasteiger partial charge in [0.1, 0.15) is 0 Å². The fourth-order valence-electron chi connectivity index (χ4n) is 2.83. The van der Waals surface area contributed by atoms with Crippen molar-refractivity contribution in [1.82, 2.24) is 5.32 Å². The van der Waals surface area contributed by atoms with Gasteiger partial charge >= 0.3 is 5.97 Å². The van der Waals surface area contributed by atoms with Crippen LogP contribution in [0.5, 0.6) is 0 Å². The minimum atomic E-state index is -0.777. The van der Waals surface area contributed by atoms with Gasteiger partial charge in [-0.1, -0.05) is 33.1 Å². The second kappa shape index (κ2) is 7.39. The van der Waals surface area contributed by atoms with Gasteiger partial charge in [-0.2, -0.15) is 0 Å². The number of carbonyl (C=O) groups is 2. The van der Waals surface area contributed by atoms with E-state index in [4.69, 9.17) is 5.11 Å². The first-order chi connectivity index (χ1) is 8.60. The second-order valence-electron chi connectivity index (χ2n) is 5.26. The Bertz CT molecular complexity index is 285. The Morgan fingerprint density at radius 2 is 1.83 bits per heavy atom. The predicted octanol–water partition coefficient (Wildman–Crippen LogP) is 2.57. The summed E-state index contributed by atoms with van der Waals surface area (Å²) in [4.78, 5) is 23.2. The molecule has 4 heteroatoms. The summed E-state index contributed by atoms with van der Waals surface area (Å²) in [6.07, 6.45) is 6.15. The maximum Gasteiger partial charge on any atom is 0.308 e. The maximum atomic E-state index is 12.1. The zero-order valence-corrected chi connectivity index (χ0v) is 11.4. The third kappa shape index (κ3) is 4.00.